The first-order valence-corrected chi connectivity index (χ1v) is 4.54. The highest BCUT2D eigenvalue weighted by Gasteiger charge is 2.30. The molecule has 1 saturated heterocycles. The minimum absolute atomic E-state index is 0.0949. The first kappa shape index (κ1) is 9.92. The molecule has 0 bridgehead atoms. The molecule has 4 N–H and O–H groups in total. The lowest BCUT2D eigenvalue weighted by atomic mass is 10.1. The first-order chi connectivity index (χ1) is 5.66. The third kappa shape index (κ3) is 1.95. The maximum atomic E-state index is 9.50. The standard InChI is InChI=1S/C8H18N2O2/c1-2-6(8(9)12)10-5-3-4-7(10)11/h6-8,11-12H,2-5,9H2,1H3/t6-,7?,8?/m0/s1. The molecule has 4 nitrogen and oxygen atoms in total. The third-order valence-corrected chi connectivity index (χ3v) is 2.50. The maximum absolute atomic E-state index is 9.50. The van der Waals surface area contributed by atoms with Gasteiger partial charge in [0.25, 0.3) is 0 Å². The van der Waals surface area contributed by atoms with Crippen molar-refractivity contribution < 1.29 is 10.2 Å². The molecule has 0 aromatic carbocycles. The average molecular weight is 174 g/mol. The molecule has 3 atom stereocenters. The second kappa shape index (κ2) is 4.18. The molecular formula is C8H18N2O2. The van der Waals surface area contributed by atoms with E-state index in [9.17, 15) is 10.2 Å². The summed E-state index contributed by atoms with van der Waals surface area (Å²) in [5.74, 6) is 0. The van der Waals surface area contributed by atoms with E-state index in [1.54, 1.807) is 0 Å². The summed E-state index contributed by atoms with van der Waals surface area (Å²) in [4.78, 5) is 1.88. The highest BCUT2D eigenvalue weighted by Crippen LogP contribution is 2.20. The number of nitrogens with zero attached hydrogens (tertiary/aromatic N) is 1. The van der Waals surface area contributed by atoms with Crippen LogP contribution in [0.3, 0.4) is 0 Å². The van der Waals surface area contributed by atoms with Crippen molar-refractivity contribution in [2.24, 2.45) is 5.73 Å². The average Bonchev–Trinajstić information content (AvgIpc) is 2.38. The number of aliphatic hydroxyl groups excluding tert-OH is 2. The van der Waals surface area contributed by atoms with Crippen molar-refractivity contribution in [1.82, 2.24) is 4.90 Å². The molecule has 0 aromatic heterocycles. The minimum Gasteiger partial charge on any atom is -0.378 e. The van der Waals surface area contributed by atoms with Crippen LogP contribution in [0.25, 0.3) is 0 Å². The number of rotatable bonds is 3. The molecule has 1 rings (SSSR count). The molecule has 2 unspecified atom stereocenters. The molecule has 1 aliphatic rings. The van der Waals surface area contributed by atoms with E-state index in [0.717, 1.165) is 25.8 Å². The lowest BCUT2D eigenvalue weighted by molar-refractivity contribution is -0.0356. The van der Waals surface area contributed by atoms with Gasteiger partial charge in [0.15, 0.2) is 0 Å². The molecule has 4 heteroatoms. The Balaban J connectivity index is 2.52. The van der Waals surface area contributed by atoms with Crippen LogP contribution in [0.15, 0.2) is 0 Å². The van der Waals surface area contributed by atoms with Gasteiger partial charge in [-0.05, 0) is 19.3 Å². The van der Waals surface area contributed by atoms with Crippen molar-refractivity contribution in [2.45, 2.75) is 44.7 Å². The van der Waals surface area contributed by atoms with E-state index < -0.39 is 12.5 Å². The number of hydrogen-bond donors (Lipinski definition) is 3. The van der Waals surface area contributed by atoms with Gasteiger partial charge in [0, 0.05) is 6.54 Å². The molecule has 12 heavy (non-hydrogen) atoms. The largest absolute Gasteiger partial charge is 0.378 e. The summed E-state index contributed by atoms with van der Waals surface area (Å²) in [7, 11) is 0. The van der Waals surface area contributed by atoms with Crippen LogP contribution in [0.4, 0.5) is 0 Å². The Kier molecular flexibility index (Phi) is 3.46. The van der Waals surface area contributed by atoms with Gasteiger partial charge in [0.1, 0.15) is 12.5 Å². The SMILES string of the molecule is CC[C@@H](C(N)O)N1CCCC1O. The Hall–Kier alpha value is -0.160. The Bertz CT molecular complexity index is 141. The van der Waals surface area contributed by atoms with Crippen molar-refractivity contribution in [3.8, 4) is 0 Å². The Morgan fingerprint density at radius 3 is 2.67 bits per heavy atom. The van der Waals surface area contributed by atoms with Crippen LogP contribution in [0.2, 0.25) is 0 Å². The van der Waals surface area contributed by atoms with Gasteiger partial charge in [0.2, 0.25) is 0 Å². The van der Waals surface area contributed by atoms with Gasteiger partial charge < -0.3 is 15.9 Å². The lowest BCUT2D eigenvalue weighted by Gasteiger charge is -2.31. The van der Waals surface area contributed by atoms with Crippen LogP contribution in [0, 0.1) is 0 Å². The van der Waals surface area contributed by atoms with Crippen molar-refractivity contribution in [1.29, 1.82) is 0 Å². The zero-order chi connectivity index (χ0) is 9.14. The van der Waals surface area contributed by atoms with Crippen LogP contribution >= 0.6 is 0 Å². The molecule has 0 radical (unpaired) electrons. The van der Waals surface area contributed by atoms with Crippen molar-refractivity contribution in [3.05, 3.63) is 0 Å². The fraction of sp³-hybridized carbons (Fsp3) is 1.00. The smallest absolute Gasteiger partial charge is 0.118 e. The highest BCUT2D eigenvalue weighted by molar-refractivity contribution is 4.80. The molecule has 1 fully saturated rings. The fourth-order valence-corrected chi connectivity index (χ4v) is 1.83. The van der Waals surface area contributed by atoms with Gasteiger partial charge >= 0.3 is 0 Å². The molecule has 1 heterocycles. The van der Waals surface area contributed by atoms with Gasteiger partial charge in [-0.1, -0.05) is 6.92 Å². The van der Waals surface area contributed by atoms with E-state index in [0.29, 0.717) is 0 Å². The van der Waals surface area contributed by atoms with Gasteiger partial charge in [0.05, 0.1) is 6.04 Å². The third-order valence-electron chi connectivity index (χ3n) is 2.50. The lowest BCUT2D eigenvalue weighted by Crippen LogP contribution is -2.49. The zero-order valence-corrected chi connectivity index (χ0v) is 7.48. The normalized spacial score (nSPS) is 30.5. The number of nitrogens with two attached hydrogens (primary N) is 1. The van der Waals surface area contributed by atoms with Gasteiger partial charge in [-0.3, -0.25) is 4.90 Å². The van der Waals surface area contributed by atoms with Gasteiger partial charge in [-0.25, -0.2) is 0 Å². The maximum Gasteiger partial charge on any atom is 0.118 e. The van der Waals surface area contributed by atoms with Crippen LogP contribution in [-0.2, 0) is 0 Å². The summed E-state index contributed by atoms with van der Waals surface area (Å²) in [6, 6.07) is -0.0949. The van der Waals surface area contributed by atoms with E-state index in [1.807, 2.05) is 11.8 Å². The molecule has 72 valence electrons. The first-order valence-electron chi connectivity index (χ1n) is 4.54. The number of likely N-dealkylation sites (tertiary alicyclic amines) is 1. The van der Waals surface area contributed by atoms with Gasteiger partial charge in [-0.2, -0.15) is 0 Å². The monoisotopic (exact) mass is 174 g/mol. The Labute approximate surface area is 73.0 Å². The topological polar surface area (TPSA) is 69.7 Å². The van der Waals surface area contributed by atoms with E-state index in [-0.39, 0.29) is 6.04 Å². The van der Waals surface area contributed by atoms with Crippen LogP contribution in [-0.4, -0.2) is 40.2 Å². The predicted octanol–water partition coefficient (Wildman–Crippen LogP) is -0.544. The van der Waals surface area contributed by atoms with Gasteiger partial charge in [-0.15, -0.1) is 0 Å². The van der Waals surface area contributed by atoms with E-state index in [4.69, 9.17) is 5.73 Å². The second-order valence-corrected chi connectivity index (χ2v) is 3.33. The molecule has 0 aliphatic carbocycles. The summed E-state index contributed by atoms with van der Waals surface area (Å²) in [6.07, 6.45) is 1.30. The van der Waals surface area contributed by atoms with Crippen molar-refractivity contribution in [2.75, 3.05) is 6.54 Å². The van der Waals surface area contributed by atoms with Crippen LogP contribution < -0.4 is 5.73 Å². The quantitative estimate of drug-likeness (QED) is 0.502. The second-order valence-electron chi connectivity index (χ2n) is 3.33. The van der Waals surface area contributed by atoms with Crippen LogP contribution in [0.1, 0.15) is 26.2 Å². The molecule has 1 aliphatic heterocycles. The summed E-state index contributed by atoms with van der Waals surface area (Å²) >= 11 is 0. The summed E-state index contributed by atoms with van der Waals surface area (Å²) in [6.45, 7) is 2.81. The predicted molar refractivity (Wildman–Crippen MR) is 46.2 cm³/mol. The van der Waals surface area contributed by atoms with Crippen molar-refractivity contribution >= 4 is 0 Å². The molecular weight excluding hydrogens is 156 g/mol. The van der Waals surface area contributed by atoms with E-state index in [1.165, 1.54) is 0 Å². The van der Waals surface area contributed by atoms with E-state index in [2.05, 4.69) is 0 Å². The molecule has 0 spiro atoms. The summed E-state index contributed by atoms with van der Waals surface area (Å²) in [5, 5.41) is 18.7. The van der Waals surface area contributed by atoms with Crippen molar-refractivity contribution in [3.63, 3.8) is 0 Å². The number of hydrogen-bond acceptors (Lipinski definition) is 4. The Morgan fingerprint density at radius 2 is 2.33 bits per heavy atom. The van der Waals surface area contributed by atoms with E-state index >= 15 is 0 Å². The zero-order valence-electron chi connectivity index (χ0n) is 7.48. The fourth-order valence-electron chi connectivity index (χ4n) is 1.83. The molecule has 0 saturated carbocycles. The number of aliphatic hydroxyl groups is 2. The summed E-state index contributed by atoms with van der Waals surface area (Å²) in [5.41, 5.74) is 5.39. The Morgan fingerprint density at radius 1 is 1.67 bits per heavy atom. The minimum atomic E-state index is -0.845. The summed E-state index contributed by atoms with van der Waals surface area (Å²) < 4.78 is 0. The molecule has 0 amide bonds. The molecule has 0 aromatic rings. The van der Waals surface area contributed by atoms with Crippen LogP contribution in [0.5, 0.6) is 0 Å². The highest BCUT2D eigenvalue weighted by atomic mass is 16.3.